The Labute approximate surface area is 227 Å². The van der Waals surface area contributed by atoms with E-state index < -0.39 is 70.0 Å². The van der Waals surface area contributed by atoms with E-state index in [1.54, 1.807) is 19.9 Å². The zero-order valence-corrected chi connectivity index (χ0v) is 23.1. The van der Waals surface area contributed by atoms with E-state index in [0.29, 0.717) is 12.8 Å². The van der Waals surface area contributed by atoms with Gasteiger partial charge in [-0.2, -0.15) is 0 Å². The zero-order valence-electron chi connectivity index (χ0n) is 21.5. The minimum absolute atomic E-state index is 0. The van der Waals surface area contributed by atoms with E-state index in [4.69, 9.17) is 0 Å². The summed E-state index contributed by atoms with van der Waals surface area (Å²) in [5.74, 6) is -0.277. The van der Waals surface area contributed by atoms with Crippen molar-refractivity contribution in [1.82, 2.24) is 0 Å². The summed E-state index contributed by atoms with van der Waals surface area (Å²) in [7, 11) is 0. The van der Waals surface area contributed by atoms with Crippen LogP contribution in [-0.4, -0.2) is 35.0 Å². The second kappa shape index (κ2) is 8.96. The molecular formula is C27H36F7O2Rh-. The van der Waals surface area contributed by atoms with Crippen molar-refractivity contribution in [2.24, 2.45) is 27.6 Å². The van der Waals surface area contributed by atoms with Crippen molar-refractivity contribution in [2.45, 2.75) is 102 Å². The van der Waals surface area contributed by atoms with Gasteiger partial charge in [0, 0.05) is 36.7 Å². The van der Waals surface area contributed by atoms with Crippen molar-refractivity contribution in [2.75, 3.05) is 6.61 Å². The van der Waals surface area contributed by atoms with E-state index in [2.05, 4.69) is 17.9 Å². The zero-order chi connectivity index (χ0) is 27.2. The van der Waals surface area contributed by atoms with Gasteiger partial charge in [0.1, 0.15) is 17.8 Å². The molecule has 2 nitrogen and oxygen atoms in total. The fraction of sp³-hybridized carbons (Fsp3) is 0.815. The van der Waals surface area contributed by atoms with Crippen molar-refractivity contribution in [3.05, 3.63) is 31.2 Å². The van der Waals surface area contributed by atoms with Gasteiger partial charge in [0.05, 0.1) is 12.2 Å². The second-order valence-corrected chi connectivity index (χ2v) is 12.6. The molecule has 1 radical (unpaired) electrons. The average molecular weight is 628 g/mol. The molecule has 4 aliphatic rings. The molecule has 1 N–H and O–H groups in total. The third-order valence-electron chi connectivity index (χ3n) is 11.7. The molecule has 0 aromatic rings. The first-order chi connectivity index (χ1) is 16.3. The van der Waals surface area contributed by atoms with E-state index in [-0.39, 0.29) is 63.9 Å². The van der Waals surface area contributed by atoms with E-state index >= 15 is 8.78 Å². The average Bonchev–Trinajstić information content (AvgIpc) is 3.00. The van der Waals surface area contributed by atoms with Crippen LogP contribution in [0.2, 0.25) is 0 Å². The maximum absolute atomic E-state index is 16.9. The van der Waals surface area contributed by atoms with Crippen LogP contribution in [0.15, 0.2) is 24.8 Å². The molecule has 4 fully saturated rings. The largest absolute Gasteiger partial charge is 0.522 e. The molecular weight excluding hydrogens is 592 g/mol. The Kier molecular flexibility index (Phi) is 7.49. The number of alkyl halides is 5. The first-order valence-electron chi connectivity index (χ1n) is 12.6. The van der Waals surface area contributed by atoms with Gasteiger partial charge in [0.2, 0.25) is 0 Å². The van der Waals surface area contributed by atoms with Crippen LogP contribution in [0.5, 0.6) is 0 Å². The fourth-order valence-corrected chi connectivity index (χ4v) is 9.26. The Balaban J connectivity index is 0.00000380. The summed E-state index contributed by atoms with van der Waals surface area (Å²) >= 11 is 0. The molecule has 8 atom stereocenters. The van der Waals surface area contributed by atoms with E-state index in [1.165, 1.54) is 0 Å². The normalized spacial score (nSPS) is 49.2. The topological polar surface area (TPSA) is 29.5 Å². The molecule has 0 aromatic carbocycles. The SMILES string of the molecule is C=C[C@]12CC[C@@]3(C)[C@@](C)(CC[C@]3(F)C(=C)[C-](F)F)[C@@H]1CC[C@@]1(F)C[C@@](O)(COC(F)(F)F)CC[C@@]12C.[Rh]. The van der Waals surface area contributed by atoms with Crippen LogP contribution in [0.3, 0.4) is 0 Å². The van der Waals surface area contributed by atoms with Crippen LogP contribution in [-0.2, 0) is 24.2 Å². The minimum atomic E-state index is -4.94. The summed E-state index contributed by atoms with van der Waals surface area (Å²) in [6.45, 7) is 11.8. The van der Waals surface area contributed by atoms with Gasteiger partial charge in [-0.3, -0.25) is 13.5 Å². The van der Waals surface area contributed by atoms with Gasteiger partial charge in [-0.05, 0) is 68.1 Å². The van der Waals surface area contributed by atoms with Gasteiger partial charge in [-0.15, -0.1) is 25.3 Å². The van der Waals surface area contributed by atoms with E-state index in [9.17, 15) is 27.1 Å². The van der Waals surface area contributed by atoms with Crippen molar-refractivity contribution < 1.29 is 60.1 Å². The van der Waals surface area contributed by atoms with Crippen LogP contribution >= 0.6 is 0 Å². The van der Waals surface area contributed by atoms with Crippen molar-refractivity contribution >= 4 is 0 Å². The summed E-state index contributed by atoms with van der Waals surface area (Å²) in [4.78, 5) is 0. The van der Waals surface area contributed by atoms with Gasteiger partial charge in [0.15, 0.2) is 0 Å². The standard InChI is InChI=1S/C27H36F7O2.Rh/c1-6-24-13-11-21(4)20(3,9-14-26(21,31)17(2)19(28)29)18(24)7-8-25(30)15-23(35,12-10-22(24,25)5)16-36-27(32,33)34;/h6,18,35H,1-2,7-16H2,3-5H3;/q-1;/t18-,20-,21-,22+,23+,24-,25+,26-;/m0./s1. The van der Waals surface area contributed by atoms with Crippen molar-refractivity contribution in [3.63, 3.8) is 0 Å². The molecule has 0 unspecified atom stereocenters. The Hall–Kier alpha value is -0.597. The summed E-state index contributed by atoms with van der Waals surface area (Å²) in [6.07, 6.45) is -4.85. The molecule has 0 spiro atoms. The van der Waals surface area contributed by atoms with Gasteiger partial charge in [-0.25, -0.2) is 15.4 Å². The third-order valence-corrected chi connectivity index (χ3v) is 11.7. The number of allylic oxidation sites excluding steroid dienone is 2. The molecule has 0 heterocycles. The number of rotatable bonds is 5. The van der Waals surface area contributed by atoms with Crippen molar-refractivity contribution in [1.29, 1.82) is 0 Å². The Morgan fingerprint density at radius 2 is 1.59 bits per heavy atom. The Bertz CT molecular complexity index is 944. The molecule has 4 rings (SSSR count). The van der Waals surface area contributed by atoms with Gasteiger partial charge in [0.25, 0.3) is 0 Å². The first-order valence-corrected chi connectivity index (χ1v) is 12.6. The predicted octanol–water partition coefficient (Wildman–Crippen LogP) is 8.03. The number of hydrogen-bond donors (Lipinski definition) is 1. The number of aliphatic hydroxyl groups is 1. The maximum atomic E-state index is 16.9. The summed E-state index contributed by atoms with van der Waals surface area (Å²) in [5, 5.41) is 10.9. The Morgan fingerprint density at radius 3 is 2.14 bits per heavy atom. The predicted molar refractivity (Wildman–Crippen MR) is 121 cm³/mol. The minimum Gasteiger partial charge on any atom is -0.387 e. The van der Waals surface area contributed by atoms with Crippen LogP contribution in [0.4, 0.5) is 30.7 Å². The van der Waals surface area contributed by atoms with Gasteiger partial charge >= 0.3 is 6.36 Å². The van der Waals surface area contributed by atoms with E-state index in [1.807, 2.05) is 6.92 Å². The van der Waals surface area contributed by atoms with Crippen LogP contribution in [0.1, 0.15) is 78.6 Å². The number of hydrogen-bond acceptors (Lipinski definition) is 2. The van der Waals surface area contributed by atoms with Crippen molar-refractivity contribution in [3.8, 4) is 0 Å². The number of ether oxygens (including phenoxy) is 1. The molecule has 10 heteroatoms. The molecule has 4 aliphatic carbocycles. The van der Waals surface area contributed by atoms with E-state index in [0.717, 1.165) is 0 Å². The van der Waals surface area contributed by atoms with Gasteiger partial charge < -0.3 is 5.11 Å². The monoisotopic (exact) mass is 628 g/mol. The smallest absolute Gasteiger partial charge is 0.387 e. The fourth-order valence-electron chi connectivity index (χ4n) is 9.26. The number of fused-ring (bicyclic) bond motifs is 5. The summed E-state index contributed by atoms with van der Waals surface area (Å²) in [6, 6.07) is 0. The van der Waals surface area contributed by atoms with Crippen LogP contribution in [0, 0.1) is 34.0 Å². The molecule has 0 amide bonds. The van der Waals surface area contributed by atoms with Crippen LogP contribution in [0.25, 0.3) is 0 Å². The van der Waals surface area contributed by atoms with Gasteiger partial charge in [-0.1, -0.05) is 26.8 Å². The van der Waals surface area contributed by atoms with Crippen LogP contribution < -0.4 is 0 Å². The molecule has 0 saturated heterocycles. The second-order valence-electron chi connectivity index (χ2n) is 12.6. The molecule has 0 bridgehead atoms. The number of halogens is 7. The maximum Gasteiger partial charge on any atom is 0.522 e. The quantitative estimate of drug-likeness (QED) is 0.145. The molecule has 37 heavy (non-hydrogen) atoms. The molecule has 215 valence electrons. The summed E-state index contributed by atoms with van der Waals surface area (Å²) < 4.78 is 102. The molecule has 0 aliphatic heterocycles. The molecule has 0 aromatic heterocycles. The third kappa shape index (κ3) is 3.92. The first kappa shape index (κ1) is 30.9. The Morgan fingerprint density at radius 1 is 1.00 bits per heavy atom. The molecule has 4 saturated carbocycles. The summed E-state index contributed by atoms with van der Waals surface area (Å²) in [5.41, 5.74) is -10.9.